The fourth-order valence-corrected chi connectivity index (χ4v) is 2.67. The minimum Gasteiger partial charge on any atom is -0.338 e. The topological polar surface area (TPSA) is 55.2 Å². The number of rotatable bonds is 4. The number of carbonyl (C=O) groups is 1. The lowest BCUT2D eigenvalue weighted by atomic mass is 10.0. The predicted molar refractivity (Wildman–Crippen MR) is 88.9 cm³/mol. The summed E-state index contributed by atoms with van der Waals surface area (Å²) in [5, 5.41) is 0. The van der Waals surface area contributed by atoms with Gasteiger partial charge in [-0.2, -0.15) is 0 Å². The third kappa shape index (κ3) is 3.18. The van der Waals surface area contributed by atoms with Crippen LogP contribution >= 0.6 is 0 Å². The lowest BCUT2D eigenvalue weighted by molar-refractivity contribution is 0.0651. The monoisotopic (exact) mass is 311 g/mol. The summed E-state index contributed by atoms with van der Waals surface area (Å²) in [5.74, 6) is 0.972. The number of carbonyl (C=O) groups excluding carboxylic acids is 1. The highest BCUT2D eigenvalue weighted by Crippen LogP contribution is 2.13. The first-order valence-electron chi connectivity index (χ1n) is 8.02. The molecule has 2 aromatic heterocycles. The Hall–Kier alpha value is -2.43. The van der Waals surface area contributed by atoms with Gasteiger partial charge < -0.3 is 4.90 Å². The minimum atomic E-state index is -0.0458. The Bertz CT molecular complexity index is 759. The van der Waals surface area contributed by atoms with Crippen LogP contribution in [0.4, 0.5) is 0 Å². The number of aromatic nitrogens is 2. The second kappa shape index (κ2) is 6.36. The lowest BCUT2D eigenvalue weighted by Gasteiger charge is -2.30. The van der Waals surface area contributed by atoms with Crippen molar-refractivity contribution >= 4 is 5.91 Å². The molecule has 0 aliphatic carbocycles. The van der Waals surface area contributed by atoms with Crippen molar-refractivity contribution in [1.82, 2.24) is 14.5 Å². The molecular formula is C18H21N3O2. The number of nitrogens with zero attached hydrogens (tertiary/aromatic N) is 3. The molecule has 0 spiro atoms. The first-order chi connectivity index (χ1) is 11.1. The molecule has 5 nitrogen and oxygen atoms in total. The highest BCUT2D eigenvalue weighted by atomic mass is 16.2. The third-order valence-corrected chi connectivity index (χ3v) is 4.04. The predicted octanol–water partition coefficient (Wildman–Crippen LogP) is 2.28. The van der Waals surface area contributed by atoms with Gasteiger partial charge in [0.1, 0.15) is 5.82 Å². The highest BCUT2D eigenvalue weighted by Gasteiger charge is 2.21. The van der Waals surface area contributed by atoms with Crippen LogP contribution in [0.15, 0.2) is 41.5 Å². The van der Waals surface area contributed by atoms with Crippen molar-refractivity contribution in [2.45, 2.75) is 26.7 Å². The first-order valence-corrected chi connectivity index (χ1v) is 8.02. The molecule has 5 heteroatoms. The van der Waals surface area contributed by atoms with Gasteiger partial charge in [-0.1, -0.05) is 19.9 Å². The van der Waals surface area contributed by atoms with Crippen molar-refractivity contribution in [3.05, 3.63) is 58.1 Å². The highest BCUT2D eigenvalue weighted by molar-refractivity contribution is 5.94. The van der Waals surface area contributed by atoms with Gasteiger partial charge >= 0.3 is 0 Å². The van der Waals surface area contributed by atoms with Crippen LogP contribution in [0.2, 0.25) is 0 Å². The maximum atomic E-state index is 12.5. The summed E-state index contributed by atoms with van der Waals surface area (Å²) >= 11 is 0. The van der Waals surface area contributed by atoms with Gasteiger partial charge in [-0.3, -0.25) is 14.2 Å². The quantitative estimate of drug-likeness (QED) is 0.870. The van der Waals surface area contributed by atoms with E-state index in [4.69, 9.17) is 0 Å². The van der Waals surface area contributed by atoms with E-state index in [9.17, 15) is 9.59 Å². The molecule has 1 fully saturated rings. The Labute approximate surface area is 135 Å². The Morgan fingerprint density at radius 1 is 1.26 bits per heavy atom. The van der Waals surface area contributed by atoms with E-state index in [0.29, 0.717) is 17.3 Å². The van der Waals surface area contributed by atoms with Gasteiger partial charge in [0, 0.05) is 31.0 Å². The molecular weight excluding hydrogens is 290 g/mol. The van der Waals surface area contributed by atoms with Crippen molar-refractivity contribution in [3.63, 3.8) is 0 Å². The van der Waals surface area contributed by atoms with E-state index in [1.807, 2.05) is 12.1 Å². The smallest absolute Gasteiger partial charge is 0.259 e. The Balaban J connectivity index is 1.87. The van der Waals surface area contributed by atoms with Crippen molar-refractivity contribution in [3.8, 4) is 5.82 Å². The molecule has 23 heavy (non-hydrogen) atoms. The Morgan fingerprint density at radius 3 is 2.61 bits per heavy atom. The van der Waals surface area contributed by atoms with Gasteiger partial charge in [0.15, 0.2) is 0 Å². The number of hydrogen-bond acceptors (Lipinski definition) is 3. The maximum absolute atomic E-state index is 12.5. The summed E-state index contributed by atoms with van der Waals surface area (Å²) in [7, 11) is 0. The molecule has 120 valence electrons. The zero-order valence-corrected chi connectivity index (χ0v) is 13.5. The van der Waals surface area contributed by atoms with Gasteiger partial charge in [0.2, 0.25) is 0 Å². The van der Waals surface area contributed by atoms with E-state index >= 15 is 0 Å². The summed E-state index contributed by atoms with van der Waals surface area (Å²) < 4.78 is 1.54. The maximum Gasteiger partial charge on any atom is 0.259 e. The SMILES string of the molecule is CC(C)Cc1cccn(-c2ccc(C(=O)N3CCC3)cn2)c1=O. The van der Waals surface area contributed by atoms with E-state index in [-0.39, 0.29) is 11.5 Å². The van der Waals surface area contributed by atoms with Crippen molar-refractivity contribution in [1.29, 1.82) is 0 Å². The molecule has 3 rings (SSSR count). The molecule has 1 saturated heterocycles. The molecule has 0 saturated carbocycles. The molecule has 0 radical (unpaired) electrons. The van der Waals surface area contributed by atoms with E-state index in [2.05, 4.69) is 18.8 Å². The van der Waals surface area contributed by atoms with Crippen molar-refractivity contribution < 1.29 is 4.79 Å². The summed E-state index contributed by atoms with van der Waals surface area (Å²) in [5.41, 5.74) is 1.31. The van der Waals surface area contributed by atoms with Gasteiger partial charge in [-0.05, 0) is 37.0 Å². The molecule has 0 unspecified atom stereocenters. The van der Waals surface area contributed by atoms with Gasteiger partial charge in [0.25, 0.3) is 11.5 Å². The zero-order valence-electron chi connectivity index (χ0n) is 13.5. The van der Waals surface area contributed by atoms with Crippen LogP contribution in [-0.4, -0.2) is 33.4 Å². The third-order valence-electron chi connectivity index (χ3n) is 4.04. The minimum absolute atomic E-state index is 0.0104. The molecule has 0 N–H and O–H groups in total. The van der Waals surface area contributed by atoms with E-state index in [1.54, 1.807) is 29.4 Å². The van der Waals surface area contributed by atoms with Crippen LogP contribution in [0.25, 0.3) is 5.82 Å². The number of pyridine rings is 2. The zero-order chi connectivity index (χ0) is 16.4. The first kappa shape index (κ1) is 15.5. The standard InChI is InChI=1S/C18H21N3O2/c1-13(2)11-14-5-3-10-21(18(14)23)16-7-6-15(12-19-16)17(22)20-8-4-9-20/h3,5-7,10,12-13H,4,8-9,11H2,1-2H3. The van der Waals surface area contributed by atoms with Crippen LogP contribution in [-0.2, 0) is 6.42 Å². The summed E-state index contributed by atoms with van der Waals surface area (Å²) in [6, 6.07) is 7.19. The molecule has 0 aromatic carbocycles. The summed E-state index contributed by atoms with van der Waals surface area (Å²) in [4.78, 5) is 30.8. The molecule has 0 bridgehead atoms. The fourth-order valence-electron chi connectivity index (χ4n) is 2.67. The summed E-state index contributed by atoms with van der Waals surface area (Å²) in [6.07, 6.45) is 5.07. The van der Waals surface area contributed by atoms with Crippen molar-refractivity contribution in [2.24, 2.45) is 5.92 Å². The Kier molecular flexibility index (Phi) is 4.28. The second-order valence-electron chi connectivity index (χ2n) is 6.36. The van der Waals surface area contributed by atoms with Crippen LogP contribution in [0.5, 0.6) is 0 Å². The van der Waals surface area contributed by atoms with Crippen LogP contribution in [0, 0.1) is 5.92 Å². The van der Waals surface area contributed by atoms with E-state index in [1.165, 1.54) is 4.57 Å². The number of likely N-dealkylation sites (tertiary alicyclic amines) is 1. The number of hydrogen-bond donors (Lipinski definition) is 0. The molecule has 3 heterocycles. The lowest BCUT2D eigenvalue weighted by Crippen LogP contribution is -2.42. The number of amides is 1. The van der Waals surface area contributed by atoms with Crippen molar-refractivity contribution in [2.75, 3.05) is 13.1 Å². The Morgan fingerprint density at radius 2 is 2.04 bits per heavy atom. The average molecular weight is 311 g/mol. The van der Waals surface area contributed by atoms with Crippen LogP contribution in [0.1, 0.15) is 36.2 Å². The van der Waals surface area contributed by atoms with E-state index < -0.39 is 0 Å². The van der Waals surface area contributed by atoms with E-state index in [0.717, 1.165) is 31.5 Å². The molecule has 1 amide bonds. The molecule has 0 atom stereocenters. The molecule has 1 aliphatic rings. The largest absolute Gasteiger partial charge is 0.338 e. The molecule has 2 aromatic rings. The second-order valence-corrected chi connectivity index (χ2v) is 6.36. The van der Waals surface area contributed by atoms with Crippen LogP contribution in [0.3, 0.4) is 0 Å². The molecule has 1 aliphatic heterocycles. The van der Waals surface area contributed by atoms with Crippen LogP contribution < -0.4 is 5.56 Å². The average Bonchev–Trinajstić information content (AvgIpc) is 2.47. The fraction of sp³-hybridized carbons (Fsp3) is 0.389. The normalized spacial score (nSPS) is 14.0. The van der Waals surface area contributed by atoms with Gasteiger partial charge in [-0.15, -0.1) is 0 Å². The van der Waals surface area contributed by atoms with Gasteiger partial charge in [0.05, 0.1) is 5.56 Å². The van der Waals surface area contributed by atoms with Gasteiger partial charge in [-0.25, -0.2) is 4.98 Å². The summed E-state index contributed by atoms with van der Waals surface area (Å²) in [6.45, 7) is 5.81.